The number of aliphatic carboxylic acids is 2. The Morgan fingerprint density at radius 1 is 1.16 bits per heavy atom. The second-order valence-corrected chi connectivity index (χ2v) is 5.71. The predicted molar refractivity (Wildman–Crippen MR) is 68.5 cm³/mol. The molecule has 2 atom stereocenters. The van der Waals surface area contributed by atoms with Crippen LogP contribution in [0.4, 0.5) is 0 Å². The molecule has 0 aliphatic rings. The SMILES string of the molecule is CC(C)(C)CC(NC(=O)CCC(N)C(=O)O)C(=O)O. The van der Waals surface area contributed by atoms with Gasteiger partial charge in [0.05, 0.1) is 0 Å². The molecule has 110 valence electrons. The third-order valence-corrected chi connectivity index (χ3v) is 2.45. The maximum Gasteiger partial charge on any atom is 0.326 e. The van der Waals surface area contributed by atoms with Crippen molar-refractivity contribution in [3.63, 3.8) is 0 Å². The first-order valence-corrected chi connectivity index (χ1v) is 6.03. The minimum atomic E-state index is -1.18. The topological polar surface area (TPSA) is 130 Å². The Morgan fingerprint density at radius 3 is 2.05 bits per heavy atom. The molecule has 0 aromatic rings. The van der Waals surface area contributed by atoms with Gasteiger partial charge in [0.2, 0.25) is 5.91 Å². The van der Waals surface area contributed by atoms with Gasteiger partial charge in [0.25, 0.3) is 0 Å². The van der Waals surface area contributed by atoms with E-state index in [9.17, 15) is 14.4 Å². The summed E-state index contributed by atoms with van der Waals surface area (Å²) in [7, 11) is 0. The molecule has 0 saturated heterocycles. The molecule has 2 unspecified atom stereocenters. The summed E-state index contributed by atoms with van der Waals surface area (Å²) in [5.74, 6) is -2.79. The number of rotatable bonds is 7. The number of carbonyl (C=O) groups is 3. The average Bonchev–Trinajstić information content (AvgIpc) is 2.22. The highest BCUT2D eigenvalue weighted by atomic mass is 16.4. The van der Waals surface area contributed by atoms with E-state index in [1.807, 2.05) is 20.8 Å². The van der Waals surface area contributed by atoms with Gasteiger partial charge in [-0.2, -0.15) is 0 Å². The van der Waals surface area contributed by atoms with Crippen molar-refractivity contribution in [3.05, 3.63) is 0 Å². The highest BCUT2D eigenvalue weighted by molar-refractivity contribution is 5.84. The zero-order chi connectivity index (χ0) is 15.2. The molecule has 5 N–H and O–H groups in total. The number of nitrogens with two attached hydrogens (primary N) is 1. The maximum absolute atomic E-state index is 11.5. The molecule has 7 nitrogen and oxygen atoms in total. The van der Waals surface area contributed by atoms with Crippen molar-refractivity contribution >= 4 is 17.8 Å². The minimum Gasteiger partial charge on any atom is -0.480 e. The summed E-state index contributed by atoms with van der Waals surface area (Å²) in [6.45, 7) is 5.61. The summed E-state index contributed by atoms with van der Waals surface area (Å²) in [6.07, 6.45) is 0.156. The third kappa shape index (κ3) is 8.15. The highest BCUT2D eigenvalue weighted by Crippen LogP contribution is 2.21. The molecular formula is C12H22N2O5. The van der Waals surface area contributed by atoms with Gasteiger partial charge in [-0.1, -0.05) is 20.8 Å². The Balaban J connectivity index is 4.33. The molecule has 0 bridgehead atoms. The van der Waals surface area contributed by atoms with Crippen molar-refractivity contribution in [3.8, 4) is 0 Å². The molecule has 0 aliphatic carbocycles. The fourth-order valence-corrected chi connectivity index (χ4v) is 1.49. The van der Waals surface area contributed by atoms with Gasteiger partial charge in [0, 0.05) is 6.42 Å². The van der Waals surface area contributed by atoms with Crippen molar-refractivity contribution in [2.24, 2.45) is 11.1 Å². The van der Waals surface area contributed by atoms with Crippen molar-refractivity contribution in [1.82, 2.24) is 5.32 Å². The van der Waals surface area contributed by atoms with Gasteiger partial charge in [-0.15, -0.1) is 0 Å². The van der Waals surface area contributed by atoms with Crippen molar-refractivity contribution in [2.45, 2.75) is 52.1 Å². The standard InChI is InChI=1S/C12H22N2O5/c1-12(2,3)6-8(11(18)19)14-9(15)5-4-7(13)10(16)17/h7-8H,4-6,13H2,1-3H3,(H,14,15)(H,16,17)(H,18,19). The lowest BCUT2D eigenvalue weighted by molar-refractivity contribution is -0.143. The maximum atomic E-state index is 11.5. The zero-order valence-corrected chi connectivity index (χ0v) is 11.5. The van der Waals surface area contributed by atoms with E-state index in [0.29, 0.717) is 6.42 Å². The van der Waals surface area contributed by atoms with E-state index in [1.54, 1.807) is 0 Å². The lowest BCUT2D eigenvalue weighted by Crippen LogP contribution is -2.43. The molecule has 7 heteroatoms. The molecule has 0 aromatic carbocycles. The minimum absolute atomic E-state index is 0.0248. The van der Waals surface area contributed by atoms with E-state index >= 15 is 0 Å². The van der Waals surface area contributed by atoms with Crippen molar-refractivity contribution in [2.75, 3.05) is 0 Å². The Kier molecular flexibility index (Phi) is 6.47. The fourth-order valence-electron chi connectivity index (χ4n) is 1.49. The second kappa shape index (κ2) is 7.08. The average molecular weight is 274 g/mol. The third-order valence-electron chi connectivity index (χ3n) is 2.45. The van der Waals surface area contributed by atoms with E-state index in [2.05, 4.69) is 5.32 Å². The number of hydrogen-bond acceptors (Lipinski definition) is 4. The first-order valence-electron chi connectivity index (χ1n) is 6.03. The lowest BCUT2D eigenvalue weighted by Gasteiger charge is -2.24. The van der Waals surface area contributed by atoms with E-state index in [0.717, 1.165) is 0 Å². The van der Waals surface area contributed by atoms with Crippen LogP contribution in [0.5, 0.6) is 0 Å². The van der Waals surface area contributed by atoms with Gasteiger partial charge in [0.15, 0.2) is 0 Å². The van der Waals surface area contributed by atoms with Gasteiger partial charge >= 0.3 is 11.9 Å². The van der Waals surface area contributed by atoms with Crippen LogP contribution in [0.15, 0.2) is 0 Å². The van der Waals surface area contributed by atoms with E-state index in [1.165, 1.54) is 0 Å². The number of carboxylic acid groups (broad SMARTS) is 2. The summed E-state index contributed by atoms with van der Waals surface area (Å²) in [5.41, 5.74) is 5.02. The Labute approximate surface area is 112 Å². The quantitative estimate of drug-likeness (QED) is 0.524. The van der Waals surface area contributed by atoms with Gasteiger partial charge in [-0.25, -0.2) is 4.79 Å². The first-order chi connectivity index (χ1) is 8.53. The number of amides is 1. The van der Waals surface area contributed by atoms with E-state index in [4.69, 9.17) is 15.9 Å². The van der Waals surface area contributed by atoms with Crippen LogP contribution >= 0.6 is 0 Å². The van der Waals surface area contributed by atoms with Crippen molar-refractivity contribution < 1.29 is 24.6 Å². The smallest absolute Gasteiger partial charge is 0.326 e. The van der Waals surface area contributed by atoms with Crippen LogP contribution in [0.2, 0.25) is 0 Å². The van der Waals surface area contributed by atoms with E-state index < -0.39 is 29.9 Å². The van der Waals surface area contributed by atoms with Crippen LogP contribution in [0.1, 0.15) is 40.0 Å². The number of carbonyl (C=O) groups excluding carboxylic acids is 1. The number of nitrogens with one attached hydrogen (secondary N) is 1. The van der Waals surface area contributed by atoms with Crippen molar-refractivity contribution in [1.29, 1.82) is 0 Å². The molecule has 0 radical (unpaired) electrons. The normalized spacial score (nSPS) is 14.5. The largest absolute Gasteiger partial charge is 0.480 e. The summed E-state index contributed by atoms with van der Waals surface area (Å²) >= 11 is 0. The first kappa shape index (κ1) is 17.4. The summed E-state index contributed by atoms with van der Waals surface area (Å²) in [6, 6.07) is -2.09. The monoisotopic (exact) mass is 274 g/mol. The predicted octanol–water partition coefficient (Wildman–Crippen LogP) is 0.184. The number of carboxylic acids is 2. The lowest BCUT2D eigenvalue weighted by atomic mass is 9.88. The Morgan fingerprint density at radius 2 is 1.68 bits per heavy atom. The van der Waals surface area contributed by atoms with Crippen LogP contribution < -0.4 is 11.1 Å². The molecule has 1 amide bonds. The molecule has 0 rings (SSSR count). The molecular weight excluding hydrogens is 252 g/mol. The summed E-state index contributed by atoms with van der Waals surface area (Å²) in [5, 5.41) is 20.0. The van der Waals surface area contributed by atoms with Crippen LogP contribution in [0.3, 0.4) is 0 Å². The molecule has 0 spiro atoms. The van der Waals surface area contributed by atoms with Crippen LogP contribution in [-0.2, 0) is 14.4 Å². The van der Waals surface area contributed by atoms with Gasteiger partial charge in [0.1, 0.15) is 12.1 Å². The fraction of sp³-hybridized carbons (Fsp3) is 0.750. The molecule has 0 aromatic heterocycles. The molecule has 0 saturated carbocycles. The Hall–Kier alpha value is -1.63. The zero-order valence-electron chi connectivity index (χ0n) is 11.5. The Bertz CT molecular complexity index is 349. The van der Waals surface area contributed by atoms with Gasteiger partial charge in [-0.3, -0.25) is 9.59 Å². The van der Waals surface area contributed by atoms with Gasteiger partial charge in [-0.05, 0) is 18.3 Å². The molecule has 0 aliphatic heterocycles. The molecule has 0 heterocycles. The molecule has 19 heavy (non-hydrogen) atoms. The summed E-state index contributed by atoms with van der Waals surface area (Å²) < 4.78 is 0. The summed E-state index contributed by atoms with van der Waals surface area (Å²) in [4.78, 5) is 33.1. The van der Waals surface area contributed by atoms with Crippen LogP contribution in [-0.4, -0.2) is 40.1 Å². The van der Waals surface area contributed by atoms with E-state index in [-0.39, 0.29) is 18.3 Å². The second-order valence-electron chi connectivity index (χ2n) is 5.71. The van der Waals surface area contributed by atoms with Crippen LogP contribution in [0.25, 0.3) is 0 Å². The molecule has 0 fully saturated rings. The highest BCUT2D eigenvalue weighted by Gasteiger charge is 2.26. The number of hydrogen-bond donors (Lipinski definition) is 4. The van der Waals surface area contributed by atoms with Gasteiger partial charge < -0.3 is 21.3 Å². The van der Waals surface area contributed by atoms with Crippen LogP contribution in [0, 0.1) is 5.41 Å².